The van der Waals surface area contributed by atoms with Crippen LogP contribution in [-0.2, 0) is 11.3 Å². The molecule has 1 aliphatic rings. The second kappa shape index (κ2) is 7.00. The van der Waals surface area contributed by atoms with Crippen molar-refractivity contribution >= 4 is 6.09 Å². The van der Waals surface area contributed by atoms with E-state index < -0.39 is 37.3 Å². The number of benzene rings is 1. The lowest BCUT2D eigenvalue weighted by molar-refractivity contribution is -0.203. The highest BCUT2D eigenvalue weighted by Gasteiger charge is 2.48. The minimum absolute atomic E-state index is 0.0241. The highest BCUT2D eigenvalue weighted by molar-refractivity contribution is 5.67. The molecule has 1 aromatic rings. The van der Waals surface area contributed by atoms with Crippen molar-refractivity contribution in [2.75, 3.05) is 19.7 Å². The molecule has 7 heteroatoms. The summed E-state index contributed by atoms with van der Waals surface area (Å²) in [5.41, 5.74) is 0.772. The molecule has 1 heterocycles. The summed E-state index contributed by atoms with van der Waals surface area (Å²) in [7, 11) is 0. The first kappa shape index (κ1) is 16.6. The van der Waals surface area contributed by atoms with Crippen LogP contribution in [0.4, 0.5) is 18.0 Å². The molecule has 1 N–H and O–H groups in total. The van der Waals surface area contributed by atoms with Gasteiger partial charge in [-0.15, -0.1) is 0 Å². The summed E-state index contributed by atoms with van der Waals surface area (Å²) in [6.45, 7) is -0.818. The fourth-order valence-electron chi connectivity index (χ4n) is 2.57. The Hall–Kier alpha value is -1.76. The molecule has 0 bridgehead atoms. The number of halogens is 3. The van der Waals surface area contributed by atoms with E-state index >= 15 is 0 Å². The molecule has 0 unspecified atom stereocenters. The van der Waals surface area contributed by atoms with Gasteiger partial charge in [-0.05, 0) is 17.9 Å². The van der Waals surface area contributed by atoms with Gasteiger partial charge < -0.3 is 14.7 Å². The van der Waals surface area contributed by atoms with Crippen LogP contribution < -0.4 is 0 Å². The van der Waals surface area contributed by atoms with Crippen LogP contribution in [0.1, 0.15) is 12.0 Å². The van der Waals surface area contributed by atoms with Gasteiger partial charge in [-0.2, -0.15) is 13.2 Å². The lowest BCUT2D eigenvalue weighted by atomic mass is 9.86. The highest BCUT2D eigenvalue weighted by atomic mass is 19.4. The Morgan fingerprint density at radius 1 is 1.32 bits per heavy atom. The summed E-state index contributed by atoms with van der Waals surface area (Å²) in [4.78, 5) is 13.0. The van der Waals surface area contributed by atoms with Crippen molar-refractivity contribution in [3.05, 3.63) is 35.9 Å². The van der Waals surface area contributed by atoms with Crippen LogP contribution in [0.15, 0.2) is 30.3 Å². The largest absolute Gasteiger partial charge is 0.445 e. The van der Waals surface area contributed by atoms with E-state index in [0.29, 0.717) is 0 Å². The SMILES string of the molecule is O=C(OCc1ccccc1)N1CC[C@H](CO)[C@H](C(F)(F)F)C1. The van der Waals surface area contributed by atoms with E-state index in [4.69, 9.17) is 9.84 Å². The van der Waals surface area contributed by atoms with Crippen molar-refractivity contribution in [1.29, 1.82) is 0 Å². The Morgan fingerprint density at radius 2 is 2.00 bits per heavy atom. The Balaban J connectivity index is 1.93. The molecule has 2 atom stereocenters. The maximum atomic E-state index is 13.0. The van der Waals surface area contributed by atoms with Gasteiger partial charge in [0, 0.05) is 19.7 Å². The molecule has 4 nitrogen and oxygen atoms in total. The molecule has 0 radical (unpaired) electrons. The van der Waals surface area contributed by atoms with E-state index in [1.807, 2.05) is 6.07 Å². The third-order valence-electron chi connectivity index (χ3n) is 3.87. The number of aliphatic hydroxyl groups excluding tert-OH is 1. The van der Waals surface area contributed by atoms with Gasteiger partial charge in [-0.1, -0.05) is 30.3 Å². The molecule has 1 fully saturated rings. The highest BCUT2D eigenvalue weighted by Crippen LogP contribution is 2.37. The lowest BCUT2D eigenvalue weighted by Gasteiger charge is -2.38. The predicted molar refractivity (Wildman–Crippen MR) is 72.9 cm³/mol. The number of likely N-dealkylation sites (tertiary alicyclic amines) is 1. The molecule has 0 spiro atoms. The topological polar surface area (TPSA) is 49.8 Å². The molecule has 1 aromatic carbocycles. The van der Waals surface area contributed by atoms with Crippen LogP contribution in [0.5, 0.6) is 0 Å². The molecule has 1 aliphatic heterocycles. The van der Waals surface area contributed by atoms with Crippen molar-refractivity contribution < 1.29 is 27.8 Å². The summed E-state index contributed by atoms with van der Waals surface area (Å²) in [6.07, 6.45) is -5.08. The summed E-state index contributed by atoms with van der Waals surface area (Å²) in [5, 5.41) is 9.07. The fourth-order valence-corrected chi connectivity index (χ4v) is 2.57. The molecule has 0 aliphatic carbocycles. The smallest absolute Gasteiger partial charge is 0.410 e. The number of aliphatic hydroxyl groups is 1. The molecular weight excluding hydrogens is 299 g/mol. The number of nitrogens with zero attached hydrogens (tertiary/aromatic N) is 1. The fraction of sp³-hybridized carbons (Fsp3) is 0.533. The van der Waals surface area contributed by atoms with Crippen LogP contribution in [0.25, 0.3) is 0 Å². The van der Waals surface area contributed by atoms with Gasteiger partial charge in [-0.3, -0.25) is 0 Å². The first-order valence-electron chi connectivity index (χ1n) is 7.05. The van der Waals surface area contributed by atoms with Crippen molar-refractivity contribution in [2.45, 2.75) is 19.2 Å². The minimum atomic E-state index is -4.44. The zero-order valence-electron chi connectivity index (χ0n) is 11.9. The van der Waals surface area contributed by atoms with Crippen LogP contribution in [-0.4, -0.2) is 42.0 Å². The minimum Gasteiger partial charge on any atom is -0.445 e. The number of piperidine rings is 1. The number of alkyl halides is 3. The van der Waals surface area contributed by atoms with E-state index in [0.717, 1.165) is 10.5 Å². The monoisotopic (exact) mass is 317 g/mol. The molecular formula is C15H18F3NO3. The van der Waals surface area contributed by atoms with E-state index in [-0.39, 0.29) is 19.6 Å². The number of ether oxygens (including phenoxy) is 1. The van der Waals surface area contributed by atoms with Gasteiger partial charge in [0.1, 0.15) is 6.61 Å². The Bertz CT molecular complexity index is 493. The average Bonchev–Trinajstić information content (AvgIpc) is 2.52. The van der Waals surface area contributed by atoms with Crippen molar-refractivity contribution in [1.82, 2.24) is 4.90 Å². The zero-order chi connectivity index (χ0) is 16.2. The van der Waals surface area contributed by atoms with Gasteiger partial charge >= 0.3 is 12.3 Å². The van der Waals surface area contributed by atoms with Crippen LogP contribution >= 0.6 is 0 Å². The molecule has 1 amide bonds. The molecule has 1 saturated heterocycles. The first-order chi connectivity index (χ1) is 10.4. The number of hydrogen-bond donors (Lipinski definition) is 1. The number of hydrogen-bond acceptors (Lipinski definition) is 3. The summed E-state index contributed by atoms with van der Waals surface area (Å²) in [6, 6.07) is 8.93. The Labute approximate surface area is 126 Å². The standard InChI is InChI=1S/C15H18F3NO3/c16-15(17,18)13-8-19(7-6-12(13)9-20)14(21)22-10-11-4-2-1-3-5-11/h1-5,12-13,20H,6-10H2/t12-,13-/m1/s1. The number of carbonyl (C=O) groups excluding carboxylic acids is 1. The van der Waals surface area contributed by atoms with Crippen LogP contribution in [0.2, 0.25) is 0 Å². The van der Waals surface area contributed by atoms with Crippen molar-refractivity contribution in [3.63, 3.8) is 0 Å². The maximum Gasteiger partial charge on any atom is 0.410 e. The van der Waals surface area contributed by atoms with E-state index in [2.05, 4.69) is 0 Å². The van der Waals surface area contributed by atoms with E-state index in [1.165, 1.54) is 0 Å². The molecule has 0 saturated carbocycles. The summed E-state index contributed by atoms with van der Waals surface area (Å²) >= 11 is 0. The van der Waals surface area contributed by atoms with E-state index in [9.17, 15) is 18.0 Å². The second-order valence-electron chi connectivity index (χ2n) is 5.37. The predicted octanol–water partition coefficient (Wildman–Crippen LogP) is 2.82. The molecule has 22 heavy (non-hydrogen) atoms. The van der Waals surface area contributed by atoms with Gasteiger partial charge in [0.2, 0.25) is 0 Å². The number of rotatable bonds is 3. The van der Waals surface area contributed by atoms with Gasteiger partial charge in [0.25, 0.3) is 0 Å². The molecule has 2 rings (SSSR count). The van der Waals surface area contributed by atoms with Crippen LogP contribution in [0.3, 0.4) is 0 Å². The zero-order valence-corrected chi connectivity index (χ0v) is 11.9. The third kappa shape index (κ3) is 4.13. The lowest BCUT2D eigenvalue weighted by Crippen LogP contribution is -2.49. The second-order valence-corrected chi connectivity index (χ2v) is 5.37. The number of carbonyl (C=O) groups is 1. The maximum absolute atomic E-state index is 13.0. The summed E-state index contributed by atoms with van der Waals surface area (Å²) < 4.78 is 44.0. The van der Waals surface area contributed by atoms with Gasteiger partial charge in [0.05, 0.1) is 5.92 Å². The third-order valence-corrected chi connectivity index (χ3v) is 3.87. The Kier molecular flexibility index (Phi) is 5.28. The molecule has 0 aromatic heterocycles. The first-order valence-corrected chi connectivity index (χ1v) is 7.05. The Morgan fingerprint density at radius 3 is 2.59 bits per heavy atom. The number of amides is 1. The molecule has 122 valence electrons. The van der Waals surface area contributed by atoms with Gasteiger partial charge in [0.15, 0.2) is 0 Å². The normalized spacial score (nSPS) is 22.5. The van der Waals surface area contributed by atoms with Crippen molar-refractivity contribution in [3.8, 4) is 0 Å². The quantitative estimate of drug-likeness (QED) is 0.932. The van der Waals surface area contributed by atoms with Crippen molar-refractivity contribution in [2.24, 2.45) is 11.8 Å². The average molecular weight is 317 g/mol. The van der Waals surface area contributed by atoms with Crippen LogP contribution in [0, 0.1) is 11.8 Å². The van der Waals surface area contributed by atoms with Gasteiger partial charge in [-0.25, -0.2) is 4.79 Å². The summed E-state index contributed by atoms with van der Waals surface area (Å²) in [5.74, 6) is -2.58. The van der Waals surface area contributed by atoms with E-state index in [1.54, 1.807) is 24.3 Å².